The van der Waals surface area contributed by atoms with Gasteiger partial charge in [-0.1, -0.05) is 11.6 Å². The van der Waals surface area contributed by atoms with Gasteiger partial charge in [0.25, 0.3) is 0 Å². The number of rotatable bonds is 8. The van der Waals surface area contributed by atoms with E-state index in [-0.39, 0.29) is 28.7 Å². The summed E-state index contributed by atoms with van der Waals surface area (Å²) in [5, 5.41) is 42.6. The topological polar surface area (TPSA) is 162 Å². The molecule has 2 aromatic rings. The minimum Gasteiger partial charge on any atom is -0.460 e. The number of amides is 1. The lowest BCUT2D eigenvalue weighted by atomic mass is 9.99. The number of likely N-dealkylation sites (N-methyl/N-ethyl adjacent to an activating group) is 1. The number of nitrogens with zero attached hydrogens (tertiary/aromatic N) is 1. The Hall–Kier alpha value is -2.25. The van der Waals surface area contributed by atoms with Gasteiger partial charge in [0.05, 0.1) is 18.1 Å². The molecule has 1 aromatic carbocycles. The molecule has 2 heterocycles. The van der Waals surface area contributed by atoms with E-state index in [1.165, 1.54) is 18.2 Å². The number of aliphatic hydroxyl groups is 4. The highest BCUT2D eigenvalue weighted by Crippen LogP contribution is 2.34. The van der Waals surface area contributed by atoms with Crippen molar-refractivity contribution in [3.63, 3.8) is 0 Å². The number of hydrogen-bond donors (Lipinski definition) is 5. The molecular weight excluding hydrogens is 460 g/mol. The van der Waals surface area contributed by atoms with E-state index in [2.05, 4.69) is 5.32 Å². The van der Waals surface area contributed by atoms with Crippen LogP contribution in [0.2, 0.25) is 5.02 Å². The maximum atomic E-state index is 12.3. The van der Waals surface area contributed by atoms with E-state index in [4.69, 9.17) is 25.5 Å². The third kappa shape index (κ3) is 6.01. The van der Waals surface area contributed by atoms with Gasteiger partial charge < -0.3 is 44.5 Å². The van der Waals surface area contributed by atoms with Crippen LogP contribution < -0.4 is 15.7 Å². The van der Waals surface area contributed by atoms with Crippen molar-refractivity contribution in [2.24, 2.45) is 0 Å². The molecule has 3 rings (SSSR count). The largest absolute Gasteiger partial charge is 0.460 e. The molecule has 2 unspecified atom stereocenters. The lowest BCUT2D eigenvalue weighted by molar-refractivity contribution is -0.277. The molecule has 1 saturated heterocycles. The summed E-state index contributed by atoms with van der Waals surface area (Å²) in [6.45, 7) is 0.488. The van der Waals surface area contributed by atoms with Crippen molar-refractivity contribution in [3.8, 4) is 5.75 Å². The third-order valence-corrected chi connectivity index (χ3v) is 5.50. The van der Waals surface area contributed by atoms with Gasteiger partial charge in [0.15, 0.2) is 0 Å². The van der Waals surface area contributed by atoms with Crippen LogP contribution in [0.4, 0.5) is 0 Å². The Bertz CT molecular complexity index is 1040. The van der Waals surface area contributed by atoms with Gasteiger partial charge in [-0.3, -0.25) is 4.79 Å². The van der Waals surface area contributed by atoms with Crippen molar-refractivity contribution >= 4 is 28.5 Å². The fourth-order valence-electron chi connectivity index (χ4n) is 3.41. The number of ether oxygens (including phenoxy) is 2. The van der Waals surface area contributed by atoms with E-state index in [0.29, 0.717) is 24.0 Å². The van der Waals surface area contributed by atoms with Crippen molar-refractivity contribution in [2.45, 2.75) is 37.1 Å². The SMILES string of the molecule is CN(C)CCNC(=O)Cc1cc(=O)oc2cc(O[C@@H]3OC(CO)[C@@H](O)C(O)[C@@H]3O)c(Cl)cc12. The highest BCUT2D eigenvalue weighted by Gasteiger charge is 2.44. The molecule has 0 radical (unpaired) electrons. The van der Waals surface area contributed by atoms with Crippen molar-refractivity contribution in [1.29, 1.82) is 0 Å². The molecule has 0 bridgehead atoms. The minimum absolute atomic E-state index is 0.0377. The zero-order valence-corrected chi connectivity index (χ0v) is 18.9. The molecule has 1 aromatic heterocycles. The van der Waals surface area contributed by atoms with Crippen molar-refractivity contribution in [1.82, 2.24) is 10.2 Å². The summed E-state index contributed by atoms with van der Waals surface area (Å²) in [6, 6.07) is 3.96. The molecule has 5 N–H and O–H groups in total. The molecule has 1 aliphatic rings. The highest BCUT2D eigenvalue weighted by atomic mass is 35.5. The van der Waals surface area contributed by atoms with Gasteiger partial charge in [-0.25, -0.2) is 4.79 Å². The van der Waals surface area contributed by atoms with E-state index in [1.807, 2.05) is 19.0 Å². The van der Waals surface area contributed by atoms with Gasteiger partial charge >= 0.3 is 5.63 Å². The van der Waals surface area contributed by atoms with E-state index in [0.717, 1.165) is 0 Å². The second-order valence-electron chi connectivity index (χ2n) is 8.01. The lowest BCUT2D eigenvalue weighted by Gasteiger charge is -2.39. The first-order valence-electron chi connectivity index (χ1n) is 10.3. The number of hydrogen-bond acceptors (Lipinski definition) is 10. The van der Waals surface area contributed by atoms with Crippen LogP contribution in [0.3, 0.4) is 0 Å². The first-order chi connectivity index (χ1) is 15.6. The molecule has 33 heavy (non-hydrogen) atoms. The quantitative estimate of drug-likeness (QED) is 0.288. The zero-order valence-electron chi connectivity index (χ0n) is 18.1. The molecule has 5 atom stereocenters. The van der Waals surface area contributed by atoms with Gasteiger partial charge in [0.1, 0.15) is 35.7 Å². The van der Waals surface area contributed by atoms with Crippen LogP contribution >= 0.6 is 11.6 Å². The summed E-state index contributed by atoms with van der Waals surface area (Å²) in [5.74, 6) is -0.314. The third-order valence-electron chi connectivity index (χ3n) is 5.21. The number of benzene rings is 1. The molecule has 1 fully saturated rings. The first-order valence-corrected chi connectivity index (χ1v) is 10.6. The van der Waals surface area contributed by atoms with Crippen molar-refractivity contribution in [2.75, 3.05) is 33.8 Å². The Morgan fingerprint density at radius 2 is 1.91 bits per heavy atom. The number of nitrogens with one attached hydrogen (secondary N) is 1. The van der Waals surface area contributed by atoms with Crippen molar-refractivity contribution < 1.29 is 39.1 Å². The summed E-state index contributed by atoms with van der Waals surface area (Å²) in [5.41, 5.74) is -0.188. The first kappa shape index (κ1) is 25.4. The number of aliphatic hydroxyl groups excluding tert-OH is 4. The highest BCUT2D eigenvalue weighted by molar-refractivity contribution is 6.32. The Balaban J connectivity index is 1.84. The van der Waals surface area contributed by atoms with Crippen molar-refractivity contribution in [3.05, 3.63) is 39.2 Å². The second kappa shape index (κ2) is 10.8. The van der Waals surface area contributed by atoms with Gasteiger partial charge in [-0.2, -0.15) is 0 Å². The summed E-state index contributed by atoms with van der Waals surface area (Å²) >= 11 is 6.32. The molecule has 182 valence electrons. The van der Waals surface area contributed by atoms with Gasteiger partial charge in [0, 0.05) is 30.6 Å². The molecule has 12 heteroatoms. The Labute approximate surface area is 194 Å². The lowest BCUT2D eigenvalue weighted by Crippen LogP contribution is -2.60. The number of fused-ring (bicyclic) bond motifs is 1. The van der Waals surface area contributed by atoms with E-state index in [9.17, 15) is 30.0 Å². The standard InChI is InChI=1S/C21H27ClN2O9/c1-24(2)4-3-23-16(26)5-10-6-17(27)31-13-8-14(12(22)7-11(10)13)32-21-20(30)19(29)18(28)15(9-25)33-21/h6-8,15,18-21,25,28-30H,3-5,9H2,1-2H3,(H,23,26)/t15?,18-,19?,20+,21-/m1/s1. The molecule has 0 spiro atoms. The van der Waals surface area contributed by atoms with Gasteiger partial charge in [0.2, 0.25) is 12.2 Å². The molecule has 1 amide bonds. The monoisotopic (exact) mass is 486 g/mol. The number of carbonyl (C=O) groups excluding carboxylic acids is 1. The predicted molar refractivity (Wildman–Crippen MR) is 117 cm³/mol. The smallest absolute Gasteiger partial charge is 0.336 e. The zero-order chi connectivity index (χ0) is 24.3. The molecular formula is C21H27ClN2O9. The van der Waals surface area contributed by atoms with Crippen LogP contribution in [0.25, 0.3) is 11.0 Å². The summed E-state index contributed by atoms with van der Waals surface area (Å²) < 4.78 is 16.1. The summed E-state index contributed by atoms with van der Waals surface area (Å²) in [7, 11) is 3.77. The second-order valence-corrected chi connectivity index (χ2v) is 8.42. The Morgan fingerprint density at radius 1 is 1.18 bits per heavy atom. The van der Waals surface area contributed by atoms with E-state index < -0.39 is 42.9 Å². The molecule has 1 aliphatic heterocycles. The average molecular weight is 487 g/mol. The molecule has 0 saturated carbocycles. The van der Waals surface area contributed by atoms with Crippen LogP contribution in [0, 0.1) is 0 Å². The summed E-state index contributed by atoms with van der Waals surface area (Å²) in [4.78, 5) is 26.3. The van der Waals surface area contributed by atoms with Crippen LogP contribution in [-0.2, 0) is 16.0 Å². The number of carbonyl (C=O) groups is 1. The van der Waals surface area contributed by atoms with Gasteiger partial charge in [-0.15, -0.1) is 0 Å². The Kier molecular flexibility index (Phi) is 8.29. The Morgan fingerprint density at radius 3 is 2.58 bits per heavy atom. The van der Waals surface area contributed by atoms with Gasteiger partial charge in [-0.05, 0) is 25.7 Å². The van der Waals surface area contributed by atoms with Crippen LogP contribution in [0.1, 0.15) is 5.56 Å². The fourth-order valence-corrected chi connectivity index (χ4v) is 3.62. The van der Waals surface area contributed by atoms with Crippen LogP contribution in [-0.4, -0.2) is 95.7 Å². The number of halogens is 1. The summed E-state index contributed by atoms with van der Waals surface area (Å²) in [6.07, 6.45) is -7.51. The minimum atomic E-state index is -1.64. The van der Waals surface area contributed by atoms with E-state index in [1.54, 1.807) is 0 Å². The van der Waals surface area contributed by atoms with Crippen LogP contribution in [0.5, 0.6) is 5.75 Å². The predicted octanol–water partition coefficient (Wildman–Crippen LogP) is -1.15. The maximum absolute atomic E-state index is 12.3. The molecule has 0 aliphatic carbocycles. The normalized spacial score (nSPS) is 25.4. The average Bonchev–Trinajstić information content (AvgIpc) is 2.74. The van der Waals surface area contributed by atoms with E-state index >= 15 is 0 Å². The molecule has 11 nitrogen and oxygen atoms in total. The maximum Gasteiger partial charge on any atom is 0.336 e. The van der Waals surface area contributed by atoms with Crippen LogP contribution in [0.15, 0.2) is 27.4 Å². The fraction of sp³-hybridized carbons (Fsp3) is 0.524.